The molecule has 9 rings (SSSR count). The van der Waals surface area contributed by atoms with Gasteiger partial charge >= 0.3 is 0 Å². The predicted octanol–water partition coefficient (Wildman–Crippen LogP) is 7.60. The highest BCUT2D eigenvalue weighted by atomic mass is 14.9. The van der Waals surface area contributed by atoms with Crippen molar-refractivity contribution in [3.8, 4) is 11.1 Å². The maximum atomic E-state index is 3.80. The van der Waals surface area contributed by atoms with E-state index in [2.05, 4.69) is 121 Å². The fraction of sp³-hybridized carbons (Fsp3) is 0.0625. The molecule has 2 bridgehead atoms. The lowest BCUT2D eigenvalue weighted by molar-refractivity contribution is 0.627. The minimum absolute atomic E-state index is 0.287. The molecule has 0 saturated carbocycles. The van der Waals surface area contributed by atoms with E-state index in [0.29, 0.717) is 0 Å². The molecule has 0 aromatic heterocycles. The standard InChI is InChI=1S/C32H21N/c1-2-9-20(10-3-1)21-17-18-28-27(19-21)32-25-14-6-4-11-22(25)30(23-12-5-7-15-26(23)32)24-13-8-16-29(33-28)31(24)32/h1-19,30,33H. The average Bonchev–Trinajstić information content (AvgIpc) is 2.89. The number of hydrogen-bond acceptors (Lipinski definition) is 1. The van der Waals surface area contributed by atoms with Crippen LogP contribution in [-0.2, 0) is 5.41 Å². The first kappa shape index (κ1) is 17.5. The van der Waals surface area contributed by atoms with Gasteiger partial charge in [-0.15, -0.1) is 0 Å². The molecule has 5 aromatic carbocycles. The van der Waals surface area contributed by atoms with Crippen molar-refractivity contribution < 1.29 is 0 Å². The fourth-order valence-electron chi connectivity index (χ4n) is 6.77. The zero-order valence-corrected chi connectivity index (χ0v) is 18.0. The van der Waals surface area contributed by atoms with Crippen LogP contribution in [0, 0.1) is 0 Å². The van der Waals surface area contributed by atoms with Gasteiger partial charge in [0.25, 0.3) is 0 Å². The molecule has 3 aliphatic carbocycles. The largest absolute Gasteiger partial charge is 0.355 e. The monoisotopic (exact) mass is 419 g/mol. The van der Waals surface area contributed by atoms with E-state index in [1.54, 1.807) is 0 Å². The van der Waals surface area contributed by atoms with Gasteiger partial charge in [-0.3, -0.25) is 0 Å². The molecule has 1 heterocycles. The Labute approximate surface area is 193 Å². The van der Waals surface area contributed by atoms with E-state index in [-0.39, 0.29) is 11.3 Å². The van der Waals surface area contributed by atoms with Crippen molar-refractivity contribution in [1.29, 1.82) is 0 Å². The highest BCUT2D eigenvalue weighted by molar-refractivity contribution is 5.90. The SMILES string of the molecule is c1ccc(-c2ccc3c(c2)C24c5ccccc5C(c5ccccc52)c2cccc(c24)N3)cc1. The molecular weight excluding hydrogens is 398 g/mol. The molecule has 4 aliphatic rings. The second-order valence-electron chi connectivity index (χ2n) is 9.38. The molecule has 0 atom stereocenters. The highest BCUT2D eigenvalue weighted by Gasteiger charge is 2.55. The van der Waals surface area contributed by atoms with Gasteiger partial charge in [0, 0.05) is 17.3 Å². The fourth-order valence-corrected chi connectivity index (χ4v) is 6.77. The first-order valence-electron chi connectivity index (χ1n) is 11.7. The molecule has 0 unspecified atom stereocenters. The molecule has 1 N–H and O–H groups in total. The van der Waals surface area contributed by atoms with Gasteiger partial charge in [0.05, 0.1) is 5.41 Å². The lowest BCUT2D eigenvalue weighted by Crippen LogP contribution is -2.45. The van der Waals surface area contributed by atoms with E-state index in [0.717, 1.165) is 0 Å². The maximum Gasteiger partial charge on any atom is 0.0751 e. The van der Waals surface area contributed by atoms with Crippen LogP contribution in [0.25, 0.3) is 11.1 Å². The summed E-state index contributed by atoms with van der Waals surface area (Å²) in [5.74, 6) is 0.287. The molecular formula is C32H21N. The summed E-state index contributed by atoms with van der Waals surface area (Å²) in [6, 6.07) is 42.7. The van der Waals surface area contributed by atoms with Gasteiger partial charge in [0.1, 0.15) is 0 Å². The van der Waals surface area contributed by atoms with Crippen molar-refractivity contribution in [3.63, 3.8) is 0 Å². The van der Waals surface area contributed by atoms with E-state index >= 15 is 0 Å². The quantitative estimate of drug-likeness (QED) is 0.289. The summed E-state index contributed by atoms with van der Waals surface area (Å²) in [6.45, 7) is 0. The van der Waals surface area contributed by atoms with Crippen molar-refractivity contribution in [1.82, 2.24) is 0 Å². The van der Waals surface area contributed by atoms with Crippen molar-refractivity contribution in [2.75, 3.05) is 5.32 Å². The number of anilines is 2. The number of rotatable bonds is 1. The van der Waals surface area contributed by atoms with E-state index < -0.39 is 0 Å². The van der Waals surface area contributed by atoms with Gasteiger partial charge in [0.15, 0.2) is 0 Å². The third-order valence-electron chi connectivity index (χ3n) is 7.93. The molecule has 1 spiro atoms. The van der Waals surface area contributed by atoms with E-state index in [1.807, 2.05) is 0 Å². The molecule has 0 saturated heterocycles. The number of hydrogen-bond donors (Lipinski definition) is 1. The van der Waals surface area contributed by atoms with Gasteiger partial charge < -0.3 is 5.32 Å². The molecule has 5 aromatic rings. The van der Waals surface area contributed by atoms with Crippen LogP contribution in [0.3, 0.4) is 0 Å². The zero-order chi connectivity index (χ0) is 21.6. The van der Waals surface area contributed by atoms with Crippen LogP contribution in [0.1, 0.15) is 44.9 Å². The van der Waals surface area contributed by atoms with Gasteiger partial charge in [-0.2, -0.15) is 0 Å². The summed E-state index contributed by atoms with van der Waals surface area (Å²) in [7, 11) is 0. The van der Waals surface area contributed by atoms with E-state index in [9.17, 15) is 0 Å². The first-order chi connectivity index (χ1) is 16.4. The molecule has 1 heteroatoms. The summed E-state index contributed by atoms with van der Waals surface area (Å²) in [4.78, 5) is 0. The predicted molar refractivity (Wildman–Crippen MR) is 134 cm³/mol. The van der Waals surface area contributed by atoms with Crippen molar-refractivity contribution in [3.05, 3.63) is 154 Å². The second-order valence-corrected chi connectivity index (χ2v) is 9.38. The minimum atomic E-state index is -0.306. The minimum Gasteiger partial charge on any atom is -0.355 e. The summed E-state index contributed by atoms with van der Waals surface area (Å²) < 4.78 is 0. The van der Waals surface area contributed by atoms with Crippen LogP contribution in [0.2, 0.25) is 0 Å². The molecule has 1 aliphatic heterocycles. The Hall–Kier alpha value is -4.10. The van der Waals surface area contributed by atoms with Crippen LogP contribution in [0.4, 0.5) is 11.4 Å². The van der Waals surface area contributed by atoms with E-state index in [4.69, 9.17) is 0 Å². The van der Waals surface area contributed by atoms with Crippen molar-refractivity contribution >= 4 is 11.4 Å². The van der Waals surface area contributed by atoms with Crippen LogP contribution >= 0.6 is 0 Å². The number of nitrogens with one attached hydrogen (secondary N) is 1. The Morgan fingerprint density at radius 1 is 0.485 bits per heavy atom. The van der Waals surface area contributed by atoms with Crippen LogP contribution in [0.5, 0.6) is 0 Å². The van der Waals surface area contributed by atoms with Gasteiger partial charge in [0.2, 0.25) is 0 Å². The Morgan fingerprint density at radius 2 is 1.15 bits per heavy atom. The molecule has 1 nitrogen and oxygen atoms in total. The molecule has 0 radical (unpaired) electrons. The normalized spacial score (nSPS) is 20.2. The van der Waals surface area contributed by atoms with Crippen molar-refractivity contribution in [2.45, 2.75) is 11.3 Å². The smallest absolute Gasteiger partial charge is 0.0751 e. The summed E-state index contributed by atoms with van der Waals surface area (Å²) in [5.41, 5.74) is 14.6. The van der Waals surface area contributed by atoms with Gasteiger partial charge in [-0.1, -0.05) is 97.1 Å². The zero-order valence-electron chi connectivity index (χ0n) is 18.0. The molecule has 0 amide bonds. The summed E-state index contributed by atoms with van der Waals surface area (Å²) >= 11 is 0. The Balaban J connectivity index is 1.56. The average molecular weight is 420 g/mol. The lowest BCUT2D eigenvalue weighted by atomic mass is 9.49. The van der Waals surface area contributed by atoms with Gasteiger partial charge in [-0.05, 0) is 68.3 Å². The van der Waals surface area contributed by atoms with Gasteiger partial charge in [-0.25, -0.2) is 0 Å². The van der Waals surface area contributed by atoms with Crippen LogP contribution < -0.4 is 5.32 Å². The Kier molecular flexibility index (Phi) is 3.19. The van der Waals surface area contributed by atoms with Crippen LogP contribution in [-0.4, -0.2) is 0 Å². The molecule has 154 valence electrons. The Morgan fingerprint density at radius 3 is 1.91 bits per heavy atom. The highest BCUT2D eigenvalue weighted by Crippen LogP contribution is 2.66. The third kappa shape index (κ3) is 1.99. The third-order valence-corrected chi connectivity index (χ3v) is 7.93. The number of fused-ring (bicyclic) bond motifs is 1. The van der Waals surface area contributed by atoms with Crippen LogP contribution in [0.15, 0.2) is 115 Å². The van der Waals surface area contributed by atoms with E-state index in [1.165, 1.54) is 61.4 Å². The maximum absolute atomic E-state index is 3.80. The topological polar surface area (TPSA) is 12.0 Å². The van der Waals surface area contributed by atoms with Crippen molar-refractivity contribution in [2.24, 2.45) is 0 Å². The summed E-state index contributed by atoms with van der Waals surface area (Å²) in [6.07, 6.45) is 0. The molecule has 33 heavy (non-hydrogen) atoms. The first-order valence-corrected chi connectivity index (χ1v) is 11.7. The summed E-state index contributed by atoms with van der Waals surface area (Å²) in [5, 5.41) is 3.80. The number of benzene rings is 5. The Bertz CT molecular complexity index is 1550. The second kappa shape index (κ2) is 6.02. The molecule has 0 fully saturated rings. The lowest BCUT2D eigenvalue weighted by Gasteiger charge is -2.54.